The highest BCUT2D eigenvalue weighted by Crippen LogP contribution is 2.16. The first-order valence-corrected chi connectivity index (χ1v) is 8.80. The van der Waals surface area contributed by atoms with Crippen molar-refractivity contribution in [3.63, 3.8) is 0 Å². The quantitative estimate of drug-likeness (QED) is 0.785. The van der Waals surface area contributed by atoms with Gasteiger partial charge in [-0.2, -0.15) is 0 Å². The van der Waals surface area contributed by atoms with Crippen LogP contribution >= 0.6 is 0 Å². The van der Waals surface area contributed by atoms with Gasteiger partial charge in [0.25, 0.3) is 0 Å². The van der Waals surface area contributed by atoms with Crippen LogP contribution in [0.15, 0.2) is 0 Å². The molecule has 0 spiro atoms. The third-order valence-corrected chi connectivity index (χ3v) is 5.31. The fourth-order valence-corrected chi connectivity index (χ4v) is 3.00. The SMILES string of the molecule is CCS(=O)(=O)CCN1C(=O)C(C(C)C)NC(=O)CC1C. The molecular formula is C13H24N2O4S. The van der Waals surface area contributed by atoms with Gasteiger partial charge in [-0.25, -0.2) is 8.42 Å². The third kappa shape index (κ3) is 4.19. The maximum Gasteiger partial charge on any atom is 0.245 e. The summed E-state index contributed by atoms with van der Waals surface area (Å²) in [5.74, 6) is -0.371. The second kappa shape index (κ2) is 6.56. The van der Waals surface area contributed by atoms with Crippen LogP contribution < -0.4 is 5.32 Å². The molecule has 1 heterocycles. The summed E-state index contributed by atoms with van der Waals surface area (Å²) in [7, 11) is -3.13. The minimum absolute atomic E-state index is 0.0259. The number of carbonyl (C=O) groups excluding carboxylic acids is 2. The molecule has 1 aliphatic rings. The molecule has 0 aliphatic carbocycles. The van der Waals surface area contributed by atoms with Crippen LogP contribution in [-0.2, 0) is 19.4 Å². The highest BCUT2D eigenvalue weighted by atomic mass is 32.2. The summed E-state index contributed by atoms with van der Waals surface area (Å²) in [5.41, 5.74) is 0. The lowest BCUT2D eigenvalue weighted by Crippen LogP contribution is -2.50. The van der Waals surface area contributed by atoms with Gasteiger partial charge < -0.3 is 10.2 Å². The molecule has 2 atom stereocenters. The largest absolute Gasteiger partial charge is 0.344 e. The van der Waals surface area contributed by atoms with Crippen LogP contribution in [0.4, 0.5) is 0 Å². The first-order valence-electron chi connectivity index (χ1n) is 6.98. The predicted octanol–water partition coefficient (Wildman–Crippen LogP) is 0.183. The summed E-state index contributed by atoms with van der Waals surface area (Å²) < 4.78 is 23.2. The van der Waals surface area contributed by atoms with E-state index < -0.39 is 15.9 Å². The van der Waals surface area contributed by atoms with Crippen molar-refractivity contribution >= 4 is 21.7 Å². The van der Waals surface area contributed by atoms with E-state index in [9.17, 15) is 18.0 Å². The molecule has 7 heteroatoms. The van der Waals surface area contributed by atoms with E-state index in [2.05, 4.69) is 5.32 Å². The minimum atomic E-state index is -3.13. The summed E-state index contributed by atoms with van der Waals surface area (Å²) in [6.07, 6.45) is 0.209. The molecule has 116 valence electrons. The molecule has 0 saturated carbocycles. The number of hydrogen-bond acceptors (Lipinski definition) is 4. The summed E-state index contributed by atoms with van der Waals surface area (Å²) >= 11 is 0. The van der Waals surface area contributed by atoms with Gasteiger partial charge in [-0.1, -0.05) is 20.8 Å². The van der Waals surface area contributed by atoms with Gasteiger partial charge in [-0.15, -0.1) is 0 Å². The van der Waals surface area contributed by atoms with E-state index in [0.717, 1.165) is 0 Å². The smallest absolute Gasteiger partial charge is 0.245 e. The van der Waals surface area contributed by atoms with Gasteiger partial charge in [0.05, 0.1) is 5.75 Å². The molecule has 6 nitrogen and oxygen atoms in total. The summed E-state index contributed by atoms with van der Waals surface area (Å²) in [6.45, 7) is 7.23. The molecule has 1 aliphatic heterocycles. The second-order valence-electron chi connectivity index (χ2n) is 5.61. The summed E-state index contributed by atoms with van der Waals surface area (Å²) in [5, 5.41) is 2.72. The highest BCUT2D eigenvalue weighted by Gasteiger charge is 2.35. The Balaban J connectivity index is 2.90. The molecule has 1 fully saturated rings. The Morgan fingerprint density at radius 1 is 1.35 bits per heavy atom. The molecule has 20 heavy (non-hydrogen) atoms. The lowest BCUT2D eigenvalue weighted by Gasteiger charge is -2.29. The normalized spacial score (nSPS) is 24.8. The van der Waals surface area contributed by atoms with Gasteiger partial charge in [0, 0.05) is 24.8 Å². The zero-order valence-corrected chi connectivity index (χ0v) is 13.4. The van der Waals surface area contributed by atoms with Crippen LogP contribution in [0.2, 0.25) is 0 Å². The fraction of sp³-hybridized carbons (Fsp3) is 0.846. The number of hydrogen-bond donors (Lipinski definition) is 1. The maximum atomic E-state index is 12.5. The molecule has 0 aromatic heterocycles. The van der Waals surface area contributed by atoms with Crippen LogP contribution in [-0.4, -0.2) is 55.3 Å². The van der Waals surface area contributed by atoms with Crippen molar-refractivity contribution in [3.8, 4) is 0 Å². The zero-order chi connectivity index (χ0) is 15.5. The van der Waals surface area contributed by atoms with Crippen LogP contribution in [0, 0.1) is 5.92 Å². The van der Waals surface area contributed by atoms with Gasteiger partial charge in [-0.3, -0.25) is 9.59 Å². The van der Waals surface area contributed by atoms with Crippen LogP contribution in [0.25, 0.3) is 0 Å². The molecular weight excluding hydrogens is 280 g/mol. The Morgan fingerprint density at radius 2 is 1.95 bits per heavy atom. The third-order valence-electron chi connectivity index (χ3n) is 3.63. The molecule has 2 amide bonds. The van der Waals surface area contributed by atoms with Crippen LogP contribution in [0.5, 0.6) is 0 Å². The highest BCUT2D eigenvalue weighted by molar-refractivity contribution is 7.91. The number of sulfone groups is 1. The fourth-order valence-electron chi connectivity index (χ4n) is 2.23. The molecule has 0 aromatic rings. The first kappa shape index (κ1) is 16.9. The van der Waals surface area contributed by atoms with E-state index in [1.54, 1.807) is 13.8 Å². The lowest BCUT2D eigenvalue weighted by atomic mass is 10.0. The Bertz CT molecular complexity index is 473. The first-order chi connectivity index (χ1) is 9.18. The molecule has 2 unspecified atom stereocenters. The Morgan fingerprint density at radius 3 is 2.45 bits per heavy atom. The number of nitrogens with one attached hydrogen (secondary N) is 1. The van der Waals surface area contributed by atoms with Crippen molar-refractivity contribution in [2.24, 2.45) is 5.92 Å². The Kier molecular flexibility index (Phi) is 5.56. The van der Waals surface area contributed by atoms with Gasteiger partial charge in [0.1, 0.15) is 6.04 Å². The average molecular weight is 304 g/mol. The van der Waals surface area contributed by atoms with Gasteiger partial charge in [0.2, 0.25) is 11.8 Å². The number of nitrogens with zero attached hydrogens (tertiary/aromatic N) is 1. The van der Waals surface area contributed by atoms with Crippen LogP contribution in [0.1, 0.15) is 34.1 Å². The summed E-state index contributed by atoms with van der Waals surface area (Å²) in [4.78, 5) is 25.7. The van der Waals surface area contributed by atoms with Gasteiger partial charge >= 0.3 is 0 Å². The Hall–Kier alpha value is -1.11. The van der Waals surface area contributed by atoms with Crippen molar-refractivity contribution in [1.29, 1.82) is 0 Å². The topological polar surface area (TPSA) is 83.6 Å². The number of carbonyl (C=O) groups is 2. The molecule has 1 saturated heterocycles. The molecule has 1 N–H and O–H groups in total. The van der Waals surface area contributed by atoms with E-state index in [1.165, 1.54) is 4.90 Å². The van der Waals surface area contributed by atoms with Crippen molar-refractivity contribution < 1.29 is 18.0 Å². The monoisotopic (exact) mass is 304 g/mol. The minimum Gasteiger partial charge on any atom is -0.344 e. The van der Waals surface area contributed by atoms with Gasteiger partial charge in [-0.05, 0) is 12.8 Å². The summed E-state index contributed by atoms with van der Waals surface area (Å²) in [6, 6.07) is -0.852. The van der Waals surface area contributed by atoms with E-state index >= 15 is 0 Å². The van der Waals surface area contributed by atoms with Crippen molar-refractivity contribution in [1.82, 2.24) is 10.2 Å². The van der Waals surface area contributed by atoms with E-state index in [4.69, 9.17) is 0 Å². The zero-order valence-electron chi connectivity index (χ0n) is 12.5. The standard InChI is InChI=1S/C13H24N2O4S/c1-5-20(18,19)7-6-15-10(4)8-11(16)14-12(9(2)3)13(15)17/h9-10,12H,5-8H2,1-4H3,(H,14,16). The van der Waals surface area contributed by atoms with Gasteiger partial charge in [0.15, 0.2) is 9.84 Å². The van der Waals surface area contributed by atoms with Crippen molar-refractivity contribution in [2.45, 2.75) is 46.2 Å². The average Bonchev–Trinajstić information content (AvgIpc) is 2.44. The van der Waals surface area contributed by atoms with Crippen molar-refractivity contribution in [3.05, 3.63) is 0 Å². The van der Waals surface area contributed by atoms with E-state index in [1.807, 2.05) is 13.8 Å². The van der Waals surface area contributed by atoms with E-state index in [0.29, 0.717) is 0 Å². The van der Waals surface area contributed by atoms with E-state index in [-0.39, 0.29) is 48.2 Å². The maximum absolute atomic E-state index is 12.5. The molecule has 1 rings (SSSR count). The molecule has 0 bridgehead atoms. The number of rotatable bonds is 5. The number of amides is 2. The second-order valence-corrected chi connectivity index (χ2v) is 8.08. The van der Waals surface area contributed by atoms with Crippen molar-refractivity contribution in [2.75, 3.05) is 18.1 Å². The molecule has 0 aromatic carbocycles. The Labute approximate surface area is 120 Å². The lowest BCUT2D eigenvalue weighted by molar-refractivity contribution is -0.135. The predicted molar refractivity (Wildman–Crippen MR) is 76.9 cm³/mol. The van der Waals surface area contributed by atoms with Crippen LogP contribution in [0.3, 0.4) is 0 Å². The molecule has 0 radical (unpaired) electrons.